The molecule has 2 fully saturated rings. The Labute approximate surface area is 67.6 Å². The van der Waals surface area contributed by atoms with E-state index in [1.807, 2.05) is 4.90 Å². The van der Waals surface area contributed by atoms with Crippen molar-refractivity contribution in [2.45, 2.75) is 38.6 Å². The number of rotatable bonds is 1. The number of carbonyl (C=O) groups excluding carboxylic acids is 1. The van der Waals surface area contributed by atoms with Crippen molar-refractivity contribution < 1.29 is 4.79 Å². The standard InChI is InChI=1S/C9H15NO/c1-8-6-9(2-3-9)4-5-10(8)7-11/h7-8H,2-6H2,1H3/t8-/m1/s1. The summed E-state index contributed by atoms with van der Waals surface area (Å²) in [5.41, 5.74) is 0.679. The van der Waals surface area contributed by atoms with Gasteiger partial charge in [0, 0.05) is 12.6 Å². The number of likely N-dealkylation sites (tertiary alicyclic amines) is 1. The van der Waals surface area contributed by atoms with E-state index in [1.54, 1.807) is 0 Å². The van der Waals surface area contributed by atoms with Crippen LogP contribution in [-0.2, 0) is 4.79 Å². The molecule has 1 heterocycles. The predicted octanol–water partition coefficient (Wildman–Crippen LogP) is 1.41. The van der Waals surface area contributed by atoms with Gasteiger partial charge in [0.15, 0.2) is 0 Å². The molecule has 1 saturated heterocycles. The lowest BCUT2D eigenvalue weighted by molar-refractivity contribution is -0.121. The SMILES string of the molecule is C[C@@H]1CC2(CCN1C=O)CC2. The van der Waals surface area contributed by atoms with Gasteiger partial charge in [0.2, 0.25) is 6.41 Å². The molecule has 2 nitrogen and oxygen atoms in total. The lowest BCUT2D eigenvalue weighted by Crippen LogP contribution is -2.40. The first-order valence-electron chi connectivity index (χ1n) is 4.47. The minimum absolute atomic E-state index is 0.490. The summed E-state index contributed by atoms with van der Waals surface area (Å²) in [7, 11) is 0. The average molecular weight is 153 g/mol. The molecule has 2 aliphatic rings. The summed E-state index contributed by atoms with van der Waals surface area (Å²) in [5.74, 6) is 0. The Bertz CT molecular complexity index is 174. The van der Waals surface area contributed by atoms with Crippen molar-refractivity contribution in [1.82, 2.24) is 4.90 Å². The van der Waals surface area contributed by atoms with Crippen LogP contribution in [0.5, 0.6) is 0 Å². The van der Waals surface area contributed by atoms with E-state index in [0.717, 1.165) is 13.0 Å². The lowest BCUT2D eigenvalue weighted by atomic mass is 9.89. The van der Waals surface area contributed by atoms with E-state index in [0.29, 0.717) is 11.5 Å². The first kappa shape index (κ1) is 7.14. The first-order valence-corrected chi connectivity index (χ1v) is 4.47. The maximum Gasteiger partial charge on any atom is 0.209 e. The molecule has 0 bridgehead atoms. The monoisotopic (exact) mass is 153 g/mol. The number of nitrogens with zero attached hydrogens (tertiary/aromatic N) is 1. The van der Waals surface area contributed by atoms with Gasteiger partial charge in [0.25, 0.3) is 0 Å². The second kappa shape index (κ2) is 2.23. The molecule has 0 unspecified atom stereocenters. The first-order chi connectivity index (χ1) is 5.26. The molecule has 0 aromatic heterocycles. The van der Waals surface area contributed by atoms with Gasteiger partial charge < -0.3 is 4.90 Å². The number of hydrogen-bond donors (Lipinski definition) is 0. The summed E-state index contributed by atoms with van der Waals surface area (Å²) in [5, 5.41) is 0. The van der Waals surface area contributed by atoms with Crippen LogP contribution in [0.15, 0.2) is 0 Å². The molecule has 62 valence electrons. The third-order valence-electron chi connectivity index (χ3n) is 3.29. The molecule has 2 heteroatoms. The number of piperidine rings is 1. The van der Waals surface area contributed by atoms with Crippen LogP contribution in [0.4, 0.5) is 0 Å². The molecule has 1 spiro atoms. The second-order valence-corrected chi connectivity index (χ2v) is 4.15. The fourth-order valence-corrected chi connectivity index (χ4v) is 2.22. The van der Waals surface area contributed by atoms with E-state index in [4.69, 9.17) is 0 Å². The Morgan fingerprint density at radius 2 is 2.18 bits per heavy atom. The van der Waals surface area contributed by atoms with Crippen molar-refractivity contribution in [3.05, 3.63) is 0 Å². The van der Waals surface area contributed by atoms with Gasteiger partial charge in [-0.1, -0.05) is 0 Å². The summed E-state index contributed by atoms with van der Waals surface area (Å²) in [6.45, 7) is 3.15. The minimum atomic E-state index is 0.490. The summed E-state index contributed by atoms with van der Waals surface area (Å²) >= 11 is 0. The van der Waals surface area contributed by atoms with Crippen LogP contribution >= 0.6 is 0 Å². The molecule has 0 N–H and O–H groups in total. The molecule has 1 amide bonds. The van der Waals surface area contributed by atoms with Crippen LogP contribution < -0.4 is 0 Å². The summed E-state index contributed by atoms with van der Waals surface area (Å²) in [4.78, 5) is 12.5. The van der Waals surface area contributed by atoms with Crippen LogP contribution in [0.1, 0.15) is 32.6 Å². The lowest BCUT2D eigenvalue weighted by Gasteiger charge is -2.35. The van der Waals surface area contributed by atoms with Gasteiger partial charge in [-0.2, -0.15) is 0 Å². The number of carbonyl (C=O) groups is 1. The Kier molecular flexibility index (Phi) is 1.44. The molecule has 1 aliphatic heterocycles. The van der Waals surface area contributed by atoms with Crippen LogP contribution in [0.3, 0.4) is 0 Å². The normalized spacial score (nSPS) is 33.9. The molecule has 0 aromatic rings. The number of hydrogen-bond acceptors (Lipinski definition) is 1. The van der Waals surface area contributed by atoms with Gasteiger partial charge in [-0.05, 0) is 38.0 Å². The summed E-state index contributed by atoms with van der Waals surface area (Å²) in [6.07, 6.45) is 6.30. The van der Waals surface area contributed by atoms with Gasteiger partial charge in [0.05, 0.1) is 0 Å². The van der Waals surface area contributed by atoms with E-state index in [1.165, 1.54) is 25.7 Å². The fraction of sp³-hybridized carbons (Fsp3) is 0.889. The average Bonchev–Trinajstić information content (AvgIpc) is 2.70. The molecular weight excluding hydrogens is 138 g/mol. The van der Waals surface area contributed by atoms with Crippen molar-refractivity contribution in [2.24, 2.45) is 5.41 Å². The predicted molar refractivity (Wildman–Crippen MR) is 43.1 cm³/mol. The zero-order valence-corrected chi connectivity index (χ0v) is 7.05. The van der Waals surface area contributed by atoms with Gasteiger partial charge in [-0.3, -0.25) is 4.79 Å². The number of amides is 1. The molecule has 2 rings (SSSR count). The van der Waals surface area contributed by atoms with E-state index in [-0.39, 0.29) is 0 Å². The highest BCUT2D eigenvalue weighted by Crippen LogP contribution is 2.54. The van der Waals surface area contributed by atoms with Gasteiger partial charge in [-0.25, -0.2) is 0 Å². The van der Waals surface area contributed by atoms with Gasteiger partial charge in [0.1, 0.15) is 0 Å². The summed E-state index contributed by atoms with van der Waals surface area (Å²) in [6, 6.07) is 0.490. The van der Waals surface area contributed by atoms with E-state index < -0.39 is 0 Å². The van der Waals surface area contributed by atoms with E-state index >= 15 is 0 Å². The quantitative estimate of drug-likeness (QED) is 0.521. The third-order valence-corrected chi connectivity index (χ3v) is 3.29. The van der Waals surface area contributed by atoms with E-state index in [2.05, 4.69) is 6.92 Å². The van der Waals surface area contributed by atoms with Gasteiger partial charge in [-0.15, -0.1) is 0 Å². The van der Waals surface area contributed by atoms with Crippen LogP contribution in [0.25, 0.3) is 0 Å². The molecular formula is C9H15NO. The molecule has 1 aliphatic carbocycles. The Balaban J connectivity index is 1.98. The topological polar surface area (TPSA) is 20.3 Å². The molecule has 1 atom stereocenters. The van der Waals surface area contributed by atoms with Crippen LogP contribution in [-0.4, -0.2) is 23.9 Å². The zero-order chi connectivity index (χ0) is 7.90. The highest BCUT2D eigenvalue weighted by Gasteiger charge is 2.46. The maximum absolute atomic E-state index is 10.5. The largest absolute Gasteiger partial charge is 0.343 e. The minimum Gasteiger partial charge on any atom is -0.343 e. The molecule has 0 radical (unpaired) electrons. The van der Waals surface area contributed by atoms with Crippen LogP contribution in [0, 0.1) is 5.41 Å². The highest BCUT2D eigenvalue weighted by molar-refractivity contribution is 5.48. The molecule has 11 heavy (non-hydrogen) atoms. The van der Waals surface area contributed by atoms with Gasteiger partial charge >= 0.3 is 0 Å². The maximum atomic E-state index is 10.5. The van der Waals surface area contributed by atoms with E-state index in [9.17, 15) is 4.79 Å². The fourth-order valence-electron chi connectivity index (χ4n) is 2.22. The molecule has 1 saturated carbocycles. The van der Waals surface area contributed by atoms with Crippen molar-refractivity contribution in [1.29, 1.82) is 0 Å². The highest BCUT2D eigenvalue weighted by atomic mass is 16.1. The Morgan fingerprint density at radius 1 is 1.45 bits per heavy atom. The zero-order valence-electron chi connectivity index (χ0n) is 7.05. The van der Waals surface area contributed by atoms with Crippen molar-refractivity contribution >= 4 is 6.41 Å². The third kappa shape index (κ3) is 1.15. The Morgan fingerprint density at radius 3 is 2.64 bits per heavy atom. The summed E-state index contributed by atoms with van der Waals surface area (Å²) < 4.78 is 0. The smallest absolute Gasteiger partial charge is 0.209 e. The Hall–Kier alpha value is -0.530. The second-order valence-electron chi connectivity index (χ2n) is 4.15. The van der Waals surface area contributed by atoms with Crippen molar-refractivity contribution in [3.63, 3.8) is 0 Å². The van der Waals surface area contributed by atoms with Crippen molar-refractivity contribution in [2.75, 3.05) is 6.54 Å². The van der Waals surface area contributed by atoms with Crippen LogP contribution in [0.2, 0.25) is 0 Å². The molecule has 0 aromatic carbocycles. The van der Waals surface area contributed by atoms with Crippen molar-refractivity contribution in [3.8, 4) is 0 Å².